The number of aliphatic carboxylic acids is 1. The van der Waals surface area contributed by atoms with Crippen molar-refractivity contribution < 1.29 is 14.7 Å². The molecule has 0 bridgehead atoms. The number of rotatable bonds is 8. The summed E-state index contributed by atoms with van der Waals surface area (Å²) in [7, 11) is 0. The van der Waals surface area contributed by atoms with Crippen molar-refractivity contribution in [1.82, 2.24) is 10.6 Å². The Balaban J connectivity index is 4.03. The number of carboxylic acid groups (broad SMARTS) is 1. The Labute approximate surface area is 96.6 Å². The molecule has 0 fully saturated rings. The zero-order valence-corrected chi connectivity index (χ0v) is 10.3. The van der Waals surface area contributed by atoms with Crippen LogP contribution in [0.15, 0.2) is 0 Å². The van der Waals surface area contributed by atoms with Crippen LogP contribution >= 0.6 is 0 Å². The maximum absolute atomic E-state index is 11.2. The molecule has 0 aromatic carbocycles. The summed E-state index contributed by atoms with van der Waals surface area (Å²) in [5.41, 5.74) is -0.929. The molecule has 0 aromatic heterocycles. The van der Waals surface area contributed by atoms with Crippen LogP contribution in [0.4, 0.5) is 0 Å². The molecule has 0 saturated carbocycles. The number of carbonyl (C=O) groups excluding carboxylic acids is 1. The Morgan fingerprint density at radius 2 is 1.94 bits per heavy atom. The third-order valence-corrected chi connectivity index (χ3v) is 2.46. The molecule has 0 radical (unpaired) electrons. The van der Waals surface area contributed by atoms with Crippen molar-refractivity contribution in [1.29, 1.82) is 0 Å². The van der Waals surface area contributed by atoms with Crippen LogP contribution in [-0.2, 0) is 9.59 Å². The van der Waals surface area contributed by atoms with Crippen molar-refractivity contribution in [2.45, 2.75) is 45.6 Å². The summed E-state index contributed by atoms with van der Waals surface area (Å²) in [6.07, 6.45) is 1.65. The van der Waals surface area contributed by atoms with E-state index in [1.54, 1.807) is 6.92 Å². The molecule has 16 heavy (non-hydrogen) atoms. The Hall–Kier alpha value is -1.10. The van der Waals surface area contributed by atoms with Gasteiger partial charge in [-0.15, -0.1) is 0 Å². The van der Waals surface area contributed by atoms with Gasteiger partial charge >= 0.3 is 5.97 Å². The lowest BCUT2D eigenvalue weighted by molar-refractivity contribution is -0.144. The minimum atomic E-state index is -0.929. The van der Waals surface area contributed by atoms with E-state index in [0.717, 1.165) is 6.42 Å². The highest BCUT2D eigenvalue weighted by molar-refractivity contribution is 5.78. The molecular weight excluding hydrogens is 208 g/mol. The van der Waals surface area contributed by atoms with E-state index in [1.807, 2.05) is 13.8 Å². The van der Waals surface area contributed by atoms with E-state index in [0.29, 0.717) is 25.9 Å². The van der Waals surface area contributed by atoms with Crippen LogP contribution in [0, 0.1) is 0 Å². The van der Waals surface area contributed by atoms with Gasteiger partial charge in [0.2, 0.25) is 5.91 Å². The molecule has 0 saturated heterocycles. The molecule has 0 spiro atoms. The number of amides is 1. The van der Waals surface area contributed by atoms with Gasteiger partial charge in [-0.3, -0.25) is 9.59 Å². The minimum Gasteiger partial charge on any atom is -0.480 e. The van der Waals surface area contributed by atoms with Crippen molar-refractivity contribution in [2.24, 2.45) is 0 Å². The summed E-state index contributed by atoms with van der Waals surface area (Å²) in [5, 5.41) is 14.7. The first kappa shape index (κ1) is 14.9. The predicted molar refractivity (Wildman–Crippen MR) is 62.3 cm³/mol. The fourth-order valence-corrected chi connectivity index (χ4v) is 1.51. The second-order valence-corrected chi connectivity index (χ2v) is 4.02. The maximum atomic E-state index is 11.2. The smallest absolute Gasteiger partial charge is 0.323 e. The zero-order valence-electron chi connectivity index (χ0n) is 10.3. The zero-order chi connectivity index (χ0) is 12.6. The van der Waals surface area contributed by atoms with Crippen LogP contribution in [0.25, 0.3) is 0 Å². The lowest BCUT2D eigenvalue weighted by Crippen LogP contribution is -2.50. The largest absolute Gasteiger partial charge is 0.480 e. The summed E-state index contributed by atoms with van der Waals surface area (Å²) in [4.78, 5) is 22.2. The first-order chi connectivity index (χ1) is 7.46. The van der Waals surface area contributed by atoms with Crippen LogP contribution in [0.5, 0.6) is 0 Å². The minimum absolute atomic E-state index is 0.0563. The lowest BCUT2D eigenvalue weighted by Gasteiger charge is -2.25. The fourth-order valence-electron chi connectivity index (χ4n) is 1.51. The summed E-state index contributed by atoms with van der Waals surface area (Å²) in [6, 6.07) is 0. The molecule has 0 heterocycles. The topological polar surface area (TPSA) is 78.4 Å². The second kappa shape index (κ2) is 7.22. The normalized spacial score (nSPS) is 14.2. The van der Waals surface area contributed by atoms with Gasteiger partial charge in [-0.05, 0) is 20.3 Å². The van der Waals surface area contributed by atoms with Crippen molar-refractivity contribution in [3.63, 3.8) is 0 Å². The average molecular weight is 230 g/mol. The summed E-state index contributed by atoms with van der Waals surface area (Å²) >= 11 is 0. The third kappa shape index (κ3) is 5.11. The van der Waals surface area contributed by atoms with Gasteiger partial charge in [0.15, 0.2) is 0 Å². The molecule has 5 nitrogen and oxygen atoms in total. The van der Waals surface area contributed by atoms with Crippen LogP contribution in [0.3, 0.4) is 0 Å². The quantitative estimate of drug-likeness (QED) is 0.575. The second-order valence-electron chi connectivity index (χ2n) is 4.02. The van der Waals surface area contributed by atoms with E-state index in [1.165, 1.54) is 0 Å². The molecule has 5 heteroatoms. The van der Waals surface area contributed by atoms with Crippen LogP contribution < -0.4 is 10.6 Å². The molecular formula is C11H22N2O3. The van der Waals surface area contributed by atoms with Crippen LogP contribution in [0.2, 0.25) is 0 Å². The van der Waals surface area contributed by atoms with E-state index in [2.05, 4.69) is 10.6 Å². The summed E-state index contributed by atoms with van der Waals surface area (Å²) in [5.74, 6) is -0.926. The average Bonchev–Trinajstić information content (AvgIpc) is 2.18. The Morgan fingerprint density at radius 1 is 1.31 bits per heavy atom. The monoisotopic (exact) mass is 230 g/mol. The van der Waals surface area contributed by atoms with Gasteiger partial charge in [0.05, 0.1) is 0 Å². The van der Waals surface area contributed by atoms with Crippen molar-refractivity contribution in [2.75, 3.05) is 13.1 Å². The van der Waals surface area contributed by atoms with Gasteiger partial charge in [-0.1, -0.05) is 13.3 Å². The Bertz CT molecular complexity index is 243. The Kier molecular flexibility index (Phi) is 6.72. The molecule has 0 rings (SSSR count). The van der Waals surface area contributed by atoms with Gasteiger partial charge in [-0.25, -0.2) is 0 Å². The highest BCUT2D eigenvalue weighted by Gasteiger charge is 2.31. The molecule has 0 aliphatic rings. The number of carboxylic acids is 1. The van der Waals surface area contributed by atoms with Crippen molar-refractivity contribution in [3.8, 4) is 0 Å². The highest BCUT2D eigenvalue weighted by Crippen LogP contribution is 2.12. The van der Waals surface area contributed by atoms with E-state index in [-0.39, 0.29) is 5.91 Å². The number of carbonyl (C=O) groups is 2. The van der Waals surface area contributed by atoms with E-state index in [9.17, 15) is 9.59 Å². The Morgan fingerprint density at radius 3 is 2.38 bits per heavy atom. The molecule has 3 N–H and O–H groups in total. The SMILES string of the molecule is CCCC(C)(NCCC(=O)NCC)C(=O)O. The molecule has 0 aliphatic carbocycles. The van der Waals surface area contributed by atoms with E-state index in [4.69, 9.17) is 5.11 Å². The molecule has 1 unspecified atom stereocenters. The maximum Gasteiger partial charge on any atom is 0.323 e. The van der Waals surface area contributed by atoms with Gasteiger partial charge in [-0.2, -0.15) is 0 Å². The van der Waals surface area contributed by atoms with E-state index < -0.39 is 11.5 Å². The lowest BCUT2D eigenvalue weighted by atomic mass is 9.96. The number of nitrogens with one attached hydrogen (secondary N) is 2. The number of hydrogen-bond acceptors (Lipinski definition) is 3. The first-order valence-corrected chi connectivity index (χ1v) is 5.71. The molecule has 1 atom stereocenters. The molecule has 94 valence electrons. The number of hydrogen-bond donors (Lipinski definition) is 3. The first-order valence-electron chi connectivity index (χ1n) is 5.71. The summed E-state index contributed by atoms with van der Waals surface area (Å²) in [6.45, 7) is 6.42. The highest BCUT2D eigenvalue weighted by atomic mass is 16.4. The van der Waals surface area contributed by atoms with Crippen LogP contribution in [-0.4, -0.2) is 35.6 Å². The molecule has 0 aliphatic heterocycles. The van der Waals surface area contributed by atoms with Gasteiger partial charge < -0.3 is 15.7 Å². The van der Waals surface area contributed by atoms with Crippen molar-refractivity contribution in [3.05, 3.63) is 0 Å². The molecule has 0 aromatic rings. The summed E-state index contributed by atoms with van der Waals surface area (Å²) < 4.78 is 0. The third-order valence-electron chi connectivity index (χ3n) is 2.46. The van der Waals surface area contributed by atoms with Gasteiger partial charge in [0.25, 0.3) is 0 Å². The van der Waals surface area contributed by atoms with Gasteiger partial charge in [0.1, 0.15) is 5.54 Å². The van der Waals surface area contributed by atoms with E-state index >= 15 is 0 Å². The van der Waals surface area contributed by atoms with Crippen LogP contribution in [0.1, 0.15) is 40.0 Å². The molecule has 1 amide bonds. The van der Waals surface area contributed by atoms with Gasteiger partial charge in [0, 0.05) is 19.5 Å². The fraction of sp³-hybridized carbons (Fsp3) is 0.818. The standard InChI is InChI=1S/C11H22N2O3/c1-4-7-11(3,10(15)16)13-8-6-9(14)12-5-2/h13H,4-8H2,1-3H3,(H,12,14)(H,15,16). The predicted octanol–water partition coefficient (Wildman–Crippen LogP) is 0.746. The van der Waals surface area contributed by atoms with Crippen molar-refractivity contribution >= 4 is 11.9 Å².